The lowest BCUT2D eigenvalue weighted by Crippen LogP contribution is -2.18. The van der Waals surface area contributed by atoms with Crippen LogP contribution in [0.25, 0.3) is 10.9 Å². The zero-order valence-corrected chi connectivity index (χ0v) is 13.5. The molecule has 0 saturated heterocycles. The van der Waals surface area contributed by atoms with E-state index in [2.05, 4.69) is 21.5 Å². The highest BCUT2D eigenvalue weighted by molar-refractivity contribution is 5.93. The highest BCUT2D eigenvalue weighted by Gasteiger charge is 2.39. The molecule has 0 radical (unpaired) electrons. The first-order valence-corrected chi connectivity index (χ1v) is 7.80. The van der Waals surface area contributed by atoms with Gasteiger partial charge in [-0.3, -0.25) is 9.59 Å². The molecular weight excluding hydrogens is 304 g/mol. The second-order valence-electron chi connectivity index (χ2n) is 5.94. The number of terminal acetylenes is 1. The average molecular weight is 322 g/mol. The summed E-state index contributed by atoms with van der Waals surface area (Å²) >= 11 is 0. The Morgan fingerprint density at radius 2 is 2.04 bits per heavy atom. The Kier molecular flexibility index (Phi) is 4.17. The van der Waals surface area contributed by atoms with E-state index >= 15 is 0 Å². The topological polar surface area (TPSA) is 75.8 Å². The van der Waals surface area contributed by atoms with Crippen molar-refractivity contribution in [3.8, 4) is 12.3 Å². The number of nitrogens with zero attached hydrogens (tertiary/aromatic N) is 3. The molecule has 0 aliphatic carbocycles. The fraction of sp³-hybridized carbons (Fsp3) is 0.333. The molecule has 3 rings (SSSR count). The van der Waals surface area contributed by atoms with Gasteiger partial charge in [0.15, 0.2) is 5.66 Å². The third-order valence-electron chi connectivity index (χ3n) is 4.22. The number of carbonyl (C=O) groups is 1. The van der Waals surface area contributed by atoms with Gasteiger partial charge < -0.3 is 9.88 Å². The van der Waals surface area contributed by atoms with Crippen LogP contribution < -0.4 is 10.9 Å². The molecule has 0 saturated carbocycles. The quantitative estimate of drug-likeness (QED) is 0.830. The number of aryl methyl sites for hydroxylation is 1. The van der Waals surface area contributed by atoms with Gasteiger partial charge in [0.2, 0.25) is 5.91 Å². The molecule has 1 aromatic carbocycles. The molecule has 1 aliphatic rings. The molecule has 0 atom stereocenters. The maximum Gasteiger partial charge on any atom is 0.250 e. The molecule has 6 nitrogen and oxygen atoms in total. The SMILES string of the molecule is C#CCCC1(CCC(=O)Nc2ccc3ccc(=O)n(C)c3c2)N=N1. The van der Waals surface area contributed by atoms with Crippen molar-refractivity contribution >= 4 is 22.5 Å². The zero-order valence-electron chi connectivity index (χ0n) is 13.5. The third kappa shape index (κ3) is 3.35. The summed E-state index contributed by atoms with van der Waals surface area (Å²) in [6, 6.07) is 8.80. The van der Waals surface area contributed by atoms with Gasteiger partial charge in [-0.25, -0.2) is 0 Å². The van der Waals surface area contributed by atoms with Crippen LogP contribution in [0.2, 0.25) is 0 Å². The average Bonchev–Trinajstić information content (AvgIpc) is 3.35. The summed E-state index contributed by atoms with van der Waals surface area (Å²) in [4.78, 5) is 23.9. The van der Waals surface area contributed by atoms with Crippen LogP contribution in [0.15, 0.2) is 45.4 Å². The smallest absolute Gasteiger partial charge is 0.250 e. The van der Waals surface area contributed by atoms with E-state index in [0.29, 0.717) is 31.4 Å². The van der Waals surface area contributed by atoms with Crippen molar-refractivity contribution in [3.05, 3.63) is 40.7 Å². The van der Waals surface area contributed by atoms with Crippen molar-refractivity contribution in [2.24, 2.45) is 17.3 Å². The number of pyridine rings is 1. The Hall–Kier alpha value is -2.94. The predicted molar refractivity (Wildman–Crippen MR) is 92.7 cm³/mol. The maximum absolute atomic E-state index is 12.1. The predicted octanol–water partition coefficient (Wildman–Crippen LogP) is 2.83. The molecule has 1 amide bonds. The largest absolute Gasteiger partial charge is 0.326 e. The molecule has 122 valence electrons. The number of carbonyl (C=O) groups excluding carboxylic acids is 1. The summed E-state index contributed by atoms with van der Waals surface area (Å²) in [5.41, 5.74) is 0.907. The normalized spacial score (nSPS) is 14.3. The molecule has 0 spiro atoms. The number of aromatic nitrogens is 1. The van der Waals surface area contributed by atoms with Crippen LogP contribution >= 0.6 is 0 Å². The minimum atomic E-state index is -0.447. The highest BCUT2D eigenvalue weighted by atomic mass is 16.1. The van der Waals surface area contributed by atoms with E-state index in [1.165, 1.54) is 6.07 Å². The van der Waals surface area contributed by atoms with Crippen molar-refractivity contribution in [1.82, 2.24) is 4.57 Å². The van der Waals surface area contributed by atoms with Gasteiger partial charge in [-0.05, 0) is 23.6 Å². The maximum atomic E-state index is 12.1. The third-order valence-corrected chi connectivity index (χ3v) is 4.22. The lowest BCUT2D eigenvalue weighted by atomic mass is 10.0. The van der Waals surface area contributed by atoms with E-state index in [0.717, 1.165) is 10.9 Å². The van der Waals surface area contributed by atoms with E-state index in [1.807, 2.05) is 12.1 Å². The minimum absolute atomic E-state index is 0.0848. The van der Waals surface area contributed by atoms with Crippen LogP contribution in [0.5, 0.6) is 0 Å². The number of anilines is 1. The Balaban J connectivity index is 1.64. The molecule has 0 fully saturated rings. The van der Waals surface area contributed by atoms with E-state index < -0.39 is 5.66 Å². The van der Waals surface area contributed by atoms with Crippen molar-refractivity contribution < 1.29 is 4.79 Å². The monoisotopic (exact) mass is 322 g/mol. The number of fused-ring (bicyclic) bond motifs is 1. The number of rotatable bonds is 6. The van der Waals surface area contributed by atoms with Crippen LogP contribution in [0, 0.1) is 12.3 Å². The number of hydrogen-bond donors (Lipinski definition) is 1. The summed E-state index contributed by atoms with van der Waals surface area (Å²) in [5, 5.41) is 11.9. The van der Waals surface area contributed by atoms with Gasteiger partial charge in [0.1, 0.15) is 0 Å². The van der Waals surface area contributed by atoms with Crippen LogP contribution in [0.3, 0.4) is 0 Å². The van der Waals surface area contributed by atoms with Gasteiger partial charge in [-0.2, -0.15) is 10.2 Å². The first-order chi connectivity index (χ1) is 11.5. The summed E-state index contributed by atoms with van der Waals surface area (Å²) in [6.45, 7) is 0. The summed E-state index contributed by atoms with van der Waals surface area (Å²) in [5.74, 6) is 2.47. The van der Waals surface area contributed by atoms with Gasteiger partial charge >= 0.3 is 0 Å². The first kappa shape index (κ1) is 15.9. The lowest BCUT2D eigenvalue weighted by Gasteiger charge is -2.10. The fourth-order valence-corrected chi connectivity index (χ4v) is 2.65. The van der Waals surface area contributed by atoms with Gasteiger partial charge in [-0.15, -0.1) is 12.3 Å². The second-order valence-corrected chi connectivity index (χ2v) is 5.94. The summed E-state index contributed by atoms with van der Waals surface area (Å²) in [6.07, 6.45) is 7.43. The van der Waals surface area contributed by atoms with Crippen molar-refractivity contribution in [2.75, 3.05) is 5.32 Å². The number of benzene rings is 1. The Bertz CT molecular complexity index is 915. The molecule has 1 aromatic heterocycles. The van der Waals surface area contributed by atoms with Crippen molar-refractivity contribution in [3.63, 3.8) is 0 Å². The molecular formula is C18H18N4O2. The van der Waals surface area contributed by atoms with E-state index in [1.54, 1.807) is 23.7 Å². The molecule has 0 unspecified atom stereocenters. The molecule has 1 aliphatic heterocycles. The number of amides is 1. The fourth-order valence-electron chi connectivity index (χ4n) is 2.65. The molecule has 2 heterocycles. The van der Waals surface area contributed by atoms with E-state index in [-0.39, 0.29) is 11.5 Å². The summed E-state index contributed by atoms with van der Waals surface area (Å²) in [7, 11) is 1.71. The number of hydrogen-bond acceptors (Lipinski definition) is 4. The van der Waals surface area contributed by atoms with Crippen molar-refractivity contribution in [1.29, 1.82) is 0 Å². The molecule has 6 heteroatoms. The van der Waals surface area contributed by atoms with Gasteiger partial charge in [0, 0.05) is 44.5 Å². The number of nitrogens with one attached hydrogen (secondary N) is 1. The standard InChI is InChI=1S/C18H18N4O2/c1-3-4-10-18(20-21-18)11-9-16(23)19-14-7-5-13-6-8-17(24)22(2)15(13)12-14/h1,5-8,12H,4,9-11H2,2H3,(H,19,23). The Labute approximate surface area is 139 Å². The van der Waals surface area contributed by atoms with E-state index in [9.17, 15) is 9.59 Å². The first-order valence-electron chi connectivity index (χ1n) is 7.80. The van der Waals surface area contributed by atoms with E-state index in [4.69, 9.17) is 6.42 Å². The van der Waals surface area contributed by atoms with Gasteiger partial charge in [0.05, 0.1) is 5.52 Å². The van der Waals surface area contributed by atoms with Gasteiger partial charge in [0.25, 0.3) is 5.56 Å². The second kappa shape index (κ2) is 6.28. The highest BCUT2D eigenvalue weighted by Crippen LogP contribution is 2.37. The van der Waals surface area contributed by atoms with Crippen LogP contribution in [-0.2, 0) is 11.8 Å². The minimum Gasteiger partial charge on any atom is -0.326 e. The lowest BCUT2D eigenvalue weighted by molar-refractivity contribution is -0.116. The molecule has 2 aromatic rings. The Morgan fingerprint density at radius 3 is 2.75 bits per heavy atom. The molecule has 24 heavy (non-hydrogen) atoms. The van der Waals surface area contributed by atoms with Crippen LogP contribution in [0.1, 0.15) is 25.7 Å². The molecule has 1 N–H and O–H groups in total. The molecule has 0 bridgehead atoms. The van der Waals surface area contributed by atoms with Crippen LogP contribution in [0.4, 0.5) is 5.69 Å². The zero-order chi connectivity index (χ0) is 17.2. The van der Waals surface area contributed by atoms with Gasteiger partial charge in [-0.1, -0.05) is 6.07 Å². The van der Waals surface area contributed by atoms with Crippen molar-refractivity contribution in [2.45, 2.75) is 31.3 Å². The Morgan fingerprint density at radius 1 is 1.29 bits per heavy atom. The summed E-state index contributed by atoms with van der Waals surface area (Å²) < 4.78 is 1.56. The van der Waals surface area contributed by atoms with Crippen LogP contribution in [-0.4, -0.2) is 16.1 Å².